The van der Waals surface area contributed by atoms with Gasteiger partial charge in [0.05, 0.1) is 0 Å². The lowest BCUT2D eigenvalue weighted by Crippen LogP contribution is -2.39. The minimum absolute atomic E-state index is 0.181. The van der Waals surface area contributed by atoms with Crippen LogP contribution in [0.4, 0.5) is 0 Å². The third-order valence-corrected chi connectivity index (χ3v) is 6.67. The maximum Gasteiger partial charge on any atom is 0.0166 e. The molecule has 0 saturated heterocycles. The first kappa shape index (κ1) is 21.1. The fourth-order valence-electron chi connectivity index (χ4n) is 4.80. The monoisotopic (exact) mass is 377 g/mol. The van der Waals surface area contributed by atoms with Crippen molar-refractivity contribution in [2.45, 2.75) is 77.7 Å². The van der Waals surface area contributed by atoms with Gasteiger partial charge in [0, 0.05) is 11.5 Å². The van der Waals surface area contributed by atoms with Crippen molar-refractivity contribution in [1.82, 2.24) is 0 Å². The summed E-state index contributed by atoms with van der Waals surface area (Å²) >= 11 is 0. The molecule has 1 heteroatoms. The Morgan fingerprint density at radius 3 is 2.18 bits per heavy atom. The van der Waals surface area contributed by atoms with Crippen LogP contribution in [0.5, 0.6) is 0 Å². The molecule has 2 aromatic carbocycles. The van der Waals surface area contributed by atoms with Gasteiger partial charge < -0.3 is 5.73 Å². The second kappa shape index (κ2) is 8.82. The molecule has 0 heterocycles. The van der Waals surface area contributed by atoms with Crippen molar-refractivity contribution in [2.75, 3.05) is 0 Å². The van der Waals surface area contributed by atoms with Crippen LogP contribution in [0.1, 0.15) is 82.4 Å². The largest absolute Gasteiger partial charge is 0.325 e. The highest BCUT2D eigenvalue weighted by atomic mass is 14.7. The molecule has 1 nitrogen and oxygen atoms in total. The number of hydrogen-bond donors (Lipinski definition) is 1. The van der Waals surface area contributed by atoms with Gasteiger partial charge in [0.25, 0.3) is 0 Å². The highest BCUT2D eigenvalue weighted by molar-refractivity contribution is 5.32. The van der Waals surface area contributed by atoms with Crippen LogP contribution in [0.15, 0.2) is 54.6 Å². The van der Waals surface area contributed by atoms with E-state index in [-0.39, 0.29) is 5.54 Å². The molecule has 3 rings (SSSR count). The average molecular weight is 378 g/mol. The first-order valence-electron chi connectivity index (χ1n) is 11.2. The SMILES string of the molecule is CC(C)CC(c1ccc(C2CC2C(C)CCc2ccccc2)cc1)C(C)(C)N. The first-order valence-corrected chi connectivity index (χ1v) is 11.2. The highest BCUT2D eigenvalue weighted by Gasteiger charge is 2.41. The van der Waals surface area contributed by atoms with E-state index in [2.05, 4.69) is 89.2 Å². The van der Waals surface area contributed by atoms with Gasteiger partial charge in [-0.05, 0) is 79.9 Å². The molecule has 4 unspecified atom stereocenters. The molecule has 0 bridgehead atoms. The molecule has 0 amide bonds. The Morgan fingerprint density at radius 2 is 1.61 bits per heavy atom. The van der Waals surface area contributed by atoms with E-state index in [1.165, 1.54) is 36.0 Å². The van der Waals surface area contributed by atoms with Crippen LogP contribution in [-0.4, -0.2) is 5.54 Å². The van der Waals surface area contributed by atoms with Crippen molar-refractivity contribution in [2.24, 2.45) is 23.5 Å². The van der Waals surface area contributed by atoms with Crippen molar-refractivity contribution in [1.29, 1.82) is 0 Å². The summed E-state index contributed by atoms with van der Waals surface area (Å²) in [5.41, 5.74) is 10.7. The number of rotatable bonds is 9. The summed E-state index contributed by atoms with van der Waals surface area (Å²) in [6.07, 6.45) is 4.99. The van der Waals surface area contributed by atoms with Gasteiger partial charge in [0.2, 0.25) is 0 Å². The average Bonchev–Trinajstić information content (AvgIpc) is 3.45. The summed E-state index contributed by atoms with van der Waals surface area (Å²) in [4.78, 5) is 0. The third-order valence-electron chi connectivity index (χ3n) is 6.67. The number of nitrogens with two attached hydrogens (primary N) is 1. The van der Waals surface area contributed by atoms with Gasteiger partial charge in [-0.25, -0.2) is 0 Å². The van der Waals surface area contributed by atoms with Crippen LogP contribution < -0.4 is 5.73 Å². The summed E-state index contributed by atoms with van der Waals surface area (Å²) < 4.78 is 0. The standard InChI is InChI=1S/C27H39N/c1-19(2)17-26(27(4,5)28)23-15-13-22(14-16-23)25-18-24(25)20(3)11-12-21-9-7-6-8-10-21/h6-10,13-16,19-20,24-26H,11-12,17-18,28H2,1-5H3. The fourth-order valence-corrected chi connectivity index (χ4v) is 4.80. The van der Waals surface area contributed by atoms with Gasteiger partial charge in [0.15, 0.2) is 0 Å². The number of aryl methyl sites for hydroxylation is 1. The van der Waals surface area contributed by atoms with Crippen LogP contribution in [0, 0.1) is 17.8 Å². The number of hydrogen-bond acceptors (Lipinski definition) is 1. The summed E-state index contributed by atoms with van der Waals surface area (Å²) in [5.74, 6) is 3.48. The smallest absolute Gasteiger partial charge is 0.0166 e. The maximum absolute atomic E-state index is 6.51. The van der Waals surface area contributed by atoms with Crippen LogP contribution >= 0.6 is 0 Å². The van der Waals surface area contributed by atoms with Crippen molar-refractivity contribution < 1.29 is 0 Å². The van der Waals surface area contributed by atoms with E-state index in [0.29, 0.717) is 11.8 Å². The van der Waals surface area contributed by atoms with E-state index in [0.717, 1.165) is 24.2 Å². The molecule has 1 saturated carbocycles. The molecule has 1 fully saturated rings. The van der Waals surface area contributed by atoms with Gasteiger partial charge >= 0.3 is 0 Å². The molecular formula is C27H39N. The van der Waals surface area contributed by atoms with E-state index >= 15 is 0 Å². The van der Waals surface area contributed by atoms with Crippen molar-refractivity contribution in [3.8, 4) is 0 Å². The fraction of sp³-hybridized carbons (Fsp3) is 0.556. The van der Waals surface area contributed by atoms with E-state index in [9.17, 15) is 0 Å². The maximum atomic E-state index is 6.51. The van der Waals surface area contributed by atoms with E-state index in [4.69, 9.17) is 5.73 Å². The van der Waals surface area contributed by atoms with Gasteiger partial charge in [-0.2, -0.15) is 0 Å². The Morgan fingerprint density at radius 1 is 0.964 bits per heavy atom. The normalized spacial score (nSPS) is 21.5. The topological polar surface area (TPSA) is 26.0 Å². The Bertz CT molecular complexity index is 723. The molecule has 0 aliphatic heterocycles. The lowest BCUT2D eigenvalue weighted by Gasteiger charge is -2.32. The van der Waals surface area contributed by atoms with Gasteiger partial charge in [0.1, 0.15) is 0 Å². The molecule has 0 radical (unpaired) electrons. The molecule has 28 heavy (non-hydrogen) atoms. The first-order chi connectivity index (χ1) is 13.3. The molecule has 152 valence electrons. The molecule has 0 spiro atoms. The zero-order valence-electron chi connectivity index (χ0n) is 18.5. The van der Waals surface area contributed by atoms with Crippen molar-refractivity contribution in [3.63, 3.8) is 0 Å². The predicted molar refractivity (Wildman–Crippen MR) is 122 cm³/mol. The van der Waals surface area contributed by atoms with Crippen LogP contribution in [0.25, 0.3) is 0 Å². The molecule has 1 aliphatic carbocycles. The van der Waals surface area contributed by atoms with E-state index < -0.39 is 0 Å². The zero-order chi connectivity index (χ0) is 20.3. The molecule has 2 aromatic rings. The molecule has 2 N–H and O–H groups in total. The Labute approximate surface area is 172 Å². The van der Waals surface area contributed by atoms with E-state index in [1.807, 2.05) is 0 Å². The molecule has 1 aliphatic rings. The Kier molecular flexibility index (Phi) is 6.65. The van der Waals surface area contributed by atoms with Crippen molar-refractivity contribution >= 4 is 0 Å². The third kappa shape index (κ3) is 5.47. The second-order valence-electron chi connectivity index (χ2n) is 10.2. The Hall–Kier alpha value is -1.60. The van der Waals surface area contributed by atoms with E-state index in [1.54, 1.807) is 0 Å². The van der Waals surface area contributed by atoms with Crippen LogP contribution in [-0.2, 0) is 6.42 Å². The molecule has 4 atom stereocenters. The van der Waals surface area contributed by atoms with Gasteiger partial charge in [-0.3, -0.25) is 0 Å². The lowest BCUT2D eigenvalue weighted by molar-refractivity contribution is 0.352. The van der Waals surface area contributed by atoms with Crippen LogP contribution in [0.3, 0.4) is 0 Å². The van der Waals surface area contributed by atoms with Gasteiger partial charge in [-0.1, -0.05) is 75.4 Å². The molecular weight excluding hydrogens is 338 g/mol. The second-order valence-corrected chi connectivity index (χ2v) is 10.2. The minimum atomic E-state index is -0.181. The molecule has 0 aromatic heterocycles. The number of benzene rings is 2. The Balaban J connectivity index is 1.58. The van der Waals surface area contributed by atoms with Gasteiger partial charge in [-0.15, -0.1) is 0 Å². The zero-order valence-corrected chi connectivity index (χ0v) is 18.5. The van der Waals surface area contributed by atoms with Crippen LogP contribution in [0.2, 0.25) is 0 Å². The summed E-state index contributed by atoms with van der Waals surface area (Å²) in [7, 11) is 0. The summed E-state index contributed by atoms with van der Waals surface area (Å²) in [6.45, 7) is 11.4. The summed E-state index contributed by atoms with van der Waals surface area (Å²) in [6, 6.07) is 20.4. The minimum Gasteiger partial charge on any atom is -0.325 e. The van der Waals surface area contributed by atoms with Crippen molar-refractivity contribution in [3.05, 3.63) is 71.3 Å². The quantitative estimate of drug-likeness (QED) is 0.504. The lowest BCUT2D eigenvalue weighted by atomic mass is 9.77. The summed E-state index contributed by atoms with van der Waals surface area (Å²) in [5, 5.41) is 0. The predicted octanol–water partition coefficient (Wildman–Crippen LogP) is 6.93. The highest BCUT2D eigenvalue weighted by Crippen LogP contribution is 2.53.